The number of hydrogen-bond donors (Lipinski definition) is 3. The Labute approximate surface area is 158 Å². The van der Waals surface area contributed by atoms with Gasteiger partial charge in [-0.3, -0.25) is 9.59 Å². The lowest BCUT2D eigenvalue weighted by Gasteiger charge is -2.23. The molecule has 1 fully saturated rings. The molecule has 0 atom stereocenters. The summed E-state index contributed by atoms with van der Waals surface area (Å²) in [6.45, 7) is 4.71. The van der Waals surface area contributed by atoms with Crippen molar-refractivity contribution >= 4 is 17.9 Å². The maximum Gasteiger partial charge on any atom is 0.268 e. The first-order valence-electron chi connectivity index (χ1n) is 9.03. The topological polar surface area (TPSA) is 85.0 Å². The quantitative estimate of drug-likeness (QED) is 0.603. The number of morpholine rings is 1. The Morgan fingerprint density at radius 2 is 1.85 bits per heavy atom. The van der Waals surface area contributed by atoms with E-state index in [1.165, 1.54) is 17.2 Å². The van der Waals surface area contributed by atoms with Gasteiger partial charge in [0.2, 0.25) is 0 Å². The number of hydrogen-bond acceptors (Lipinski definition) is 4. The van der Waals surface area contributed by atoms with E-state index in [1.54, 1.807) is 36.4 Å². The third-order valence-electron chi connectivity index (χ3n) is 4.32. The minimum Gasteiger partial charge on any atom is -0.465 e. The third-order valence-corrected chi connectivity index (χ3v) is 4.32. The van der Waals surface area contributed by atoms with Crippen LogP contribution in [-0.2, 0) is 9.53 Å². The zero-order valence-corrected chi connectivity index (χ0v) is 15.1. The van der Waals surface area contributed by atoms with Crippen LogP contribution in [0.5, 0.6) is 0 Å². The van der Waals surface area contributed by atoms with Gasteiger partial charge in [0.1, 0.15) is 24.5 Å². The van der Waals surface area contributed by atoms with E-state index in [0.717, 1.165) is 32.8 Å². The van der Waals surface area contributed by atoms with Crippen LogP contribution in [0.2, 0.25) is 0 Å². The maximum atomic E-state index is 12.6. The van der Waals surface area contributed by atoms with Gasteiger partial charge in [0.15, 0.2) is 0 Å². The predicted molar refractivity (Wildman–Crippen MR) is 100.0 cm³/mol. The van der Waals surface area contributed by atoms with Crippen molar-refractivity contribution in [3.8, 4) is 0 Å². The highest BCUT2D eigenvalue weighted by Crippen LogP contribution is 2.07. The summed E-state index contributed by atoms with van der Waals surface area (Å²) in [4.78, 5) is 26.4. The molecule has 142 valence electrons. The Morgan fingerprint density at radius 3 is 2.56 bits per heavy atom. The molecular weight excluding hydrogens is 346 g/mol. The van der Waals surface area contributed by atoms with Crippen LogP contribution < -0.4 is 15.5 Å². The van der Waals surface area contributed by atoms with E-state index in [4.69, 9.17) is 9.15 Å². The minimum atomic E-state index is -0.345. The Hall–Kier alpha value is -2.90. The first-order valence-corrected chi connectivity index (χ1v) is 9.03. The fourth-order valence-electron chi connectivity index (χ4n) is 2.82. The summed E-state index contributed by atoms with van der Waals surface area (Å²) in [5.41, 5.74) is 0.629. The molecule has 27 heavy (non-hydrogen) atoms. The summed E-state index contributed by atoms with van der Waals surface area (Å²) < 4.78 is 10.6. The summed E-state index contributed by atoms with van der Waals surface area (Å²) in [5, 5.41) is 5.56. The van der Waals surface area contributed by atoms with E-state index in [2.05, 4.69) is 10.6 Å². The molecule has 0 spiro atoms. The van der Waals surface area contributed by atoms with Crippen molar-refractivity contribution in [2.45, 2.75) is 0 Å². The molecule has 2 amide bonds. The smallest absolute Gasteiger partial charge is 0.268 e. The molecule has 1 saturated heterocycles. The molecule has 3 N–H and O–H groups in total. The van der Waals surface area contributed by atoms with E-state index in [-0.39, 0.29) is 17.5 Å². The molecule has 1 aromatic heterocycles. The Bertz CT molecular complexity index is 766. The summed E-state index contributed by atoms with van der Waals surface area (Å²) in [7, 11) is 0. The number of furan rings is 1. The summed E-state index contributed by atoms with van der Waals surface area (Å²) in [5.74, 6) is -0.196. The molecule has 2 heterocycles. The molecular formula is C20H24N3O4+. The predicted octanol–water partition coefficient (Wildman–Crippen LogP) is 0.0818. The lowest BCUT2D eigenvalue weighted by molar-refractivity contribution is -0.906. The van der Waals surface area contributed by atoms with Crippen molar-refractivity contribution in [3.63, 3.8) is 0 Å². The Balaban J connectivity index is 1.62. The zero-order chi connectivity index (χ0) is 18.9. The molecule has 0 unspecified atom stereocenters. The van der Waals surface area contributed by atoms with Crippen molar-refractivity contribution in [2.75, 3.05) is 39.4 Å². The molecule has 1 aromatic carbocycles. The van der Waals surface area contributed by atoms with Gasteiger partial charge in [-0.1, -0.05) is 18.2 Å². The molecule has 0 radical (unpaired) electrons. The third kappa shape index (κ3) is 5.80. The maximum absolute atomic E-state index is 12.6. The van der Waals surface area contributed by atoms with Gasteiger partial charge in [-0.15, -0.1) is 0 Å². The van der Waals surface area contributed by atoms with Gasteiger partial charge in [0.25, 0.3) is 11.8 Å². The van der Waals surface area contributed by atoms with Crippen LogP contribution in [0.3, 0.4) is 0 Å². The lowest BCUT2D eigenvalue weighted by atomic mass is 10.2. The van der Waals surface area contributed by atoms with Crippen LogP contribution in [0.25, 0.3) is 6.08 Å². The SMILES string of the molecule is O=C(NCC[NH+]1CCOCC1)/C(=C\c1ccco1)NC(=O)c1ccccc1. The number of nitrogens with one attached hydrogen (secondary N) is 3. The van der Waals surface area contributed by atoms with Gasteiger partial charge in [-0.05, 0) is 24.3 Å². The van der Waals surface area contributed by atoms with Gasteiger partial charge < -0.3 is 24.7 Å². The van der Waals surface area contributed by atoms with Crippen LogP contribution >= 0.6 is 0 Å². The second-order valence-corrected chi connectivity index (χ2v) is 6.26. The highest BCUT2D eigenvalue weighted by atomic mass is 16.5. The number of carbonyl (C=O) groups excluding carboxylic acids is 2. The standard InChI is InChI=1S/C20H23N3O4/c24-19(16-5-2-1-3-6-16)22-18(15-17-7-4-12-27-17)20(25)21-8-9-23-10-13-26-14-11-23/h1-7,12,15H,8-11,13-14H2,(H,21,25)(H,22,24)/p+1/b18-15+. The van der Waals surface area contributed by atoms with Crippen LogP contribution in [0.15, 0.2) is 58.8 Å². The van der Waals surface area contributed by atoms with Crippen LogP contribution in [-0.4, -0.2) is 51.2 Å². The van der Waals surface area contributed by atoms with Gasteiger partial charge in [-0.2, -0.15) is 0 Å². The summed E-state index contributed by atoms with van der Waals surface area (Å²) in [6, 6.07) is 12.2. The lowest BCUT2D eigenvalue weighted by Crippen LogP contribution is -3.14. The van der Waals surface area contributed by atoms with Crippen molar-refractivity contribution in [1.29, 1.82) is 0 Å². The highest BCUT2D eigenvalue weighted by Gasteiger charge is 2.17. The van der Waals surface area contributed by atoms with E-state index in [1.807, 2.05) is 6.07 Å². The van der Waals surface area contributed by atoms with E-state index >= 15 is 0 Å². The van der Waals surface area contributed by atoms with Gasteiger partial charge in [-0.25, -0.2) is 0 Å². The normalized spacial score (nSPS) is 15.3. The molecule has 0 bridgehead atoms. The molecule has 2 aromatic rings. The Kier molecular flexibility index (Phi) is 6.78. The molecule has 1 aliphatic rings. The first-order chi connectivity index (χ1) is 13.2. The summed E-state index contributed by atoms with van der Waals surface area (Å²) >= 11 is 0. The first kappa shape index (κ1) is 18.9. The molecule has 0 aliphatic carbocycles. The number of benzene rings is 1. The van der Waals surface area contributed by atoms with Gasteiger partial charge in [0, 0.05) is 11.6 Å². The Morgan fingerprint density at radius 1 is 1.07 bits per heavy atom. The molecule has 1 aliphatic heterocycles. The highest BCUT2D eigenvalue weighted by molar-refractivity contribution is 6.05. The van der Waals surface area contributed by atoms with Crippen LogP contribution in [0, 0.1) is 0 Å². The van der Waals surface area contributed by atoms with Crippen molar-refractivity contribution in [1.82, 2.24) is 10.6 Å². The minimum absolute atomic E-state index is 0.149. The van der Waals surface area contributed by atoms with E-state index < -0.39 is 0 Å². The molecule has 3 rings (SSSR count). The number of carbonyl (C=O) groups is 2. The second-order valence-electron chi connectivity index (χ2n) is 6.26. The second kappa shape index (κ2) is 9.70. The van der Waals surface area contributed by atoms with Crippen molar-refractivity contribution in [3.05, 3.63) is 65.7 Å². The fourth-order valence-corrected chi connectivity index (χ4v) is 2.82. The number of quaternary nitrogens is 1. The van der Waals surface area contributed by atoms with Gasteiger partial charge >= 0.3 is 0 Å². The summed E-state index contributed by atoms with van der Waals surface area (Å²) in [6.07, 6.45) is 3.04. The average Bonchev–Trinajstić information content (AvgIpc) is 3.22. The van der Waals surface area contributed by atoms with Crippen molar-refractivity contribution < 1.29 is 23.6 Å². The van der Waals surface area contributed by atoms with Gasteiger partial charge in [0.05, 0.1) is 32.6 Å². The zero-order valence-electron chi connectivity index (χ0n) is 15.1. The monoisotopic (exact) mass is 370 g/mol. The largest absolute Gasteiger partial charge is 0.465 e. The number of ether oxygens (including phenoxy) is 1. The van der Waals surface area contributed by atoms with E-state index in [0.29, 0.717) is 17.9 Å². The van der Waals surface area contributed by atoms with Crippen LogP contribution in [0.4, 0.5) is 0 Å². The number of rotatable bonds is 7. The average molecular weight is 370 g/mol. The number of amides is 2. The molecule has 7 heteroatoms. The molecule has 0 saturated carbocycles. The van der Waals surface area contributed by atoms with Crippen LogP contribution in [0.1, 0.15) is 16.1 Å². The fraction of sp³-hybridized carbons (Fsp3) is 0.300. The molecule has 7 nitrogen and oxygen atoms in total. The van der Waals surface area contributed by atoms with Crippen molar-refractivity contribution in [2.24, 2.45) is 0 Å². The van der Waals surface area contributed by atoms with E-state index in [9.17, 15) is 9.59 Å².